The van der Waals surface area contributed by atoms with Crippen molar-refractivity contribution in [2.45, 2.75) is 57.8 Å². The van der Waals surface area contributed by atoms with Crippen molar-refractivity contribution < 1.29 is 14.3 Å². The molecule has 1 amide bonds. The van der Waals surface area contributed by atoms with Gasteiger partial charge in [0.25, 0.3) is 0 Å². The van der Waals surface area contributed by atoms with Gasteiger partial charge in [-0.3, -0.25) is 9.48 Å². The van der Waals surface area contributed by atoms with Crippen LogP contribution in [-0.2, 0) is 22.8 Å². The molecule has 0 bridgehead atoms. The van der Waals surface area contributed by atoms with E-state index >= 15 is 0 Å². The fourth-order valence-corrected chi connectivity index (χ4v) is 5.09. The molecule has 1 fully saturated rings. The van der Waals surface area contributed by atoms with Crippen molar-refractivity contribution in [1.82, 2.24) is 24.9 Å². The van der Waals surface area contributed by atoms with Crippen LogP contribution >= 0.6 is 0 Å². The topological polar surface area (TPSA) is 83.2 Å². The lowest BCUT2D eigenvalue weighted by Crippen LogP contribution is -2.29. The van der Waals surface area contributed by atoms with E-state index in [1.807, 2.05) is 64.1 Å². The quantitative estimate of drug-likeness (QED) is 0.235. The molecular weight excluding hydrogens is 470 g/mol. The lowest BCUT2D eigenvalue weighted by molar-refractivity contribution is -0.119. The summed E-state index contributed by atoms with van der Waals surface area (Å²) in [5, 5.41) is 12.9. The Labute approximate surface area is 212 Å². The number of fused-ring (bicyclic) bond motifs is 1. The van der Waals surface area contributed by atoms with Gasteiger partial charge in [0.2, 0.25) is 5.91 Å². The van der Waals surface area contributed by atoms with Crippen LogP contribution < -0.4 is 10.1 Å². The minimum atomic E-state index is -1.11. The van der Waals surface area contributed by atoms with Crippen molar-refractivity contribution in [2.24, 2.45) is 0 Å². The van der Waals surface area contributed by atoms with Gasteiger partial charge in [-0.15, -0.1) is 0 Å². The van der Waals surface area contributed by atoms with Gasteiger partial charge in [0, 0.05) is 44.3 Å². The van der Waals surface area contributed by atoms with Crippen LogP contribution in [0.1, 0.15) is 12.8 Å². The third-order valence-corrected chi connectivity index (χ3v) is 8.11. The molecule has 2 aromatic carbocycles. The van der Waals surface area contributed by atoms with E-state index in [0.29, 0.717) is 19.7 Å². The number of benzene rings is 2. The minimum Gasteiger partial charge on any atom is -0.457 e. The first-order valence-corrected chi connectivity index (χ1v) is 16.2. The van der Waals surface area contributed by atoms with Crippen LogP contribution in [0, 0.1) is 0 Å². The maximum Gasteiger partial charge on any atom is 0.220 e. The highest BCUT2D eigenvalue weighted by atomic mass is 28.3. The Hall–Kier alpha value is -3.43. The van der Waals surface area contributed by atoms with E-state index in [-0.39, 0.29) is 11.9 Å². The number of ether oxygens (including phenoxy) is 2. The summed E-state index contributed by atoms with van der Waals surface area (Å²) in [5.74, 6) is 1.63. The second-order valence-electron chi connectivity index (χ2n) is 10.5. The molecule has 5 rings (SSSR count). The molecule has 0 saturated carbocycles. The lowest BCUT2D eigenvalue weighted by Gasteiger charge is -2.16. The number of hydrogen-bond acceptors (Lipinski definition) is 5. The molecule has 1 N–H and O–H groups in total. The largest absolute Gasteiger partial charge is 0.457 e. The van der Waals surface area contributed by atoms with Gasteiger partial charge in [-0.1, -0.05) is 19.6 Å². The van der Waals surface area contributed by atoms with E-state index in [0.717, 1.165) is 52.7 Å². The first-order chi connectivity index (χ1) is 17.3. The lowest BCUT2D eigenvalue weighted by atomic mass is 10.1. The smallest absolute Gasteiger partial charge is 0.220 e. The van der Waals surface area contributed by atoms with Crippen molar-refractivity contribution in [3.63, 3.8) is 0 Å². The van der Waals surface area contributed by atoms with Gasteiger partial charge >= 0.3 is 0 Å². The minimum absolute atomic E-state index is 0.119. The summed E-state index contributed by atoms with van der Waals surface area (Å²) >= 11 is 0. The Morgan fingerprint density at radius 3 is 2.58 bits per heavy atom. The van der Waals surface area contributed by atoms with Crippen molar-refractivity contribution in [2.75, 3.05) is 6.61 Å². The molecule has 188 valence electrons. The first kappa shape index (κ1) is 24.3. The summed E-state index contributed by atoms with van der Waals surface area (Å²) in [7, 11) is -1.11. The zero-order valence-corrected chi connectivity index (χ0v) is 22.1. The maximum atomic E-state index is 11.5. The molecule has 1 saturated heterocycles. The average molecular weight is 504 g/mol. The fraction of sp³-hybridized carbons (Fsp3) is 0.370. The number of nitrogens with one attached hydrogen (secondary N) is 1. The normalized spacial score (nSPS) is 16.0. The molecule has 1 aliphatic heterocycles. The van der Waals surface area contributed by atoms with E-state index < -0.39 is 8.07 Å². The van der Waals surface area contributed by atoms with Crippen molar-refractivity contribution in [3.05, 3.63) is 60.9 Å². The number of carbonyl (C=O) groups is 1. The third kappa shape index (κ3) is 5.85. The highest BCUT2D eigenvalue weighted by Gasteiger charge is 2.22. The average Bonchev–Trinajstić information content (AvgIpc) is 3.57. The van der Waals surface area contributed by atoms with E-state index in [1.165, 1.54) is 0 Å². The van der Waals surface area contributed by atoms with Crippen LogP contribution in [0.15, 0.2) is 60.9 Å². The Morgan fingerprint density at radius 1 is 1.03 bits per heavy atom. The van der Waals surface area contributed by atoms with Crippen LogP contribution in [0.4, 0.5) is 0 Å². The van der Waals surface area contributed by atoms with Gasteiger partial charge in [-0.25, -0.2) is 4.68 Å². The molecule has 8 nitrogen and oxygen atoms in total. The number of carbonyl (C=O) groups excluding carboxylic acids is 1. The summed E-state index contributed by atoms with van der Waals surface area (Å²) in [6.07, 6.45) is 5.09. The molecule has 2 aromatic heterocycles. The molecule has 36 heavy (non-hydrogen) atoms. The van der Waals surface area contributed by atoms with E-state index in [1.54, 1.807) is 6.20 Å². The van der Waals surface area contributed by atoms with E-state index in [4.69, 9.17) is 9.47 Å². The zero-order chi connectivity index (χ0) is 25.1. The van der Waals surface area contributed by atoms with Gasteiger partial charge in [0.1, 0.15) is 18.2 Å². The Morgan fingerprint density at radius 2 is 1.83 bits per heavy atom. The fourth-order valence-electron chi connectivity index (χ4n) is 4.34. The summed E-state index contributed by atoms with van der Waals surface area (Å²) < 4.78 is 15.8. The van der Waals surface area contributed by atoms with Gasteiger partial charge in [0.05, 0.1) is 24.0 Å². The summed E-state index contributed by atoms with van der Waals surface area (Å²) in [6.45, 7) is 8.95. The van der Waals surface area contributed by atoms with E-state index in [9.17, 15) is 4.79 Å². The number of aromatic nitrogens is 4. The standard InChI is InChI=1S/C27H33N5O3Si/c1-36(2,3)15-14-34-19-32-26(12-13-28-32)20-4-7-23(8-5-20)35-24-9-10-25-21(16-24)17-29-31(25)18-22-6-11-27(33)30-22/h4-5,7-10,12-13,16-17,22H,6,11,14-15,18-19H2,1-3H3,(H,30,33). The monoisotopic (exact) mass is 503 g/mol. The number of hydrogen-bond donors (Lipinski definition) is 1. The van der Waals surface area contributed by atoms with Gasteiger partial charge in [-0.2, -0.15) is 10.2 Å². The van der Waals surface area contributed by atoms with Crippen LogP contribution in [0.25, 0.3) is 22.2 Å². The Balaban J connectivity index is 1.21. The summed E-state index contributed by atoms with van der Waals surface area (Å²) in [5.41, 5.74) is 3.10. The predicted octanol–water partition coefficient (Wildman–Crippen LogP) is 5.28. The van der Waals surface area contributed by atoms with Gasteiger partial charge in [0.15, 0.2) is 0 Å². The van der Waals surface area contributed by atoms with Crippen molar-refractivity contribution >= 4 is 24.9 Å². The SMILES string of the molecule is C[Si](C)(C)CCOCn1nccc1-c1ccc(Oc2ccc3c(cnn3CC3CCC(=O)N3)c2)cc1. The van der Waals surface area contributed by atoms with Crippen molar-refractivity contribution in [1.29, 1.82) is 0 Å². The second kappa shape index (κ2) is 10.3. The molecule has 1 aliphatic rings. The summed E-state index contributed by atoms with van der Waals surface area (Å²) in [6, 6.07) is 17.3. The molecular formula is C27H33N5O3Si. The zero-order valence-electron chi connectivity index (χ0n) is 21.1. The number of nitrogens with zero attached hydrogens (tertiary/aromatic N) is 4. The van der Waals surface area contributed by atoms with Crippen LogP contribution in [0.2, 0.25) is 25.7 Å². The first-order valence-electron chi connectivity index (χ1n) is 12.5. The number of rotatable bonds is 10. The molecule has 1 unspecified atom stereocenters. The highest BCUT2D eigenvalue weighted by Crippen LogP contribution is 2.28. The predicted molar refractivity (Wildman–Crippen MR) is 143 cm³/mol. The molecule has 0 radical (unpaired) electrons. The van der Waals surface area contributed by atoms with Crippen LogP contribution in [0.3, 0.4) is 0 Å². The van der Waals surface area contributed by atoms with Gasteiger partial charge in [-0.05, 0) is 61.0 Å². The molecule has 0 spiro atoms. The molecule has 0 aliphatic carbocycles. The second-order valence-corrected chi connectivity index (χ2v) is 16.2. The third-order valence-electron chi connectivity index (χ3n) is 6.40. The van der Waals surface area contributed by atoms with Gasteiger partial charge < -0.3 is 14.8 Å². The molecule has 9 heteroatoms. The van der Waals surface area contributed by atoms with Crippen LogP contribution in [0.5, 0.6) is 11.5 Å². The molecule has 4 aromatic rings. The maximum absolute atomic E-state index is 11.5. The van der Waals surface area contributed by atoms with Crippen molar-refractivity contribution in [3.8, 4) is 22.8 Å². The summed E-state index contributed by atoms with van der Waals surface area (Å²) in [4.78, 5) is 11.5. The Bertz CT molecular complexity index is 1340. The van der Waals surface area contributed by atoms with Crippen LogP contribution in [-0.4, -0.2) is 46.2 Å². The molecule has 3 heterocycles. The number of amides is 1. The highest BCUT2D eigenvalue weighted by molar-refractivity contribution is 6.76. The van der Waals surface area contributed by atoms with E-state index in [2.05, 4.69) is 35.2 Å². The Kier molecular flexibility index (Phi) is 6.93. The molecule has 1 atom stereocenters.